The molecule has 0 bridgehead atoms. The molecule has 0 saturated heterocycles. The van der Waals surface area contributed by atoms with E-state index < -0.39 is 23.2 Å². The molecule has 1 saturated carbocycles. The molecule has 0 atom stereocenters. The molecule has 1 aliphatic rings. The van der Waals surface area contributed by atoms with Gasteiger partial charge in [-0.2, -0.15) is 0 Å². The van der Waals surface area contributed by atoms with E-state index in [0.717, 1.165) is 29.9 Å². The first-order valence-corrected chi connectivity index (χ1v) is 8.60. The van der Waals surface area contributed by atoms with E-state index in [9.17, 15) is 18.0 Å². The van der Waals surface area contributed by atoms with Gasteiger partial charge in [0.05, 0.1) is 5.56 Å². The zero-order valence-corrected chi connectivity index (χ0v) is 16.7. The largest absolute Gasteiger partial charge is 0.652 e. The van der Waals surface area contributed by atoms with Crippen LogP contribution in [-0.4, -0.2) is 23.7 Å². The minimum absolute atomic E-state index is 0. The van der Waals surface area contributed by atoms with Gasteiger partial charge in [0, 0.05) is 40.1 Å². The summed E-state index contributed by atoms with van der Waals surface area (Å²) in [7, 11) is 0. The van der Waals surface area contributed by atoms with Gasteiger partial charge >= 0.3 is 6.36 Å². The molecule has 29 heavy (non-hydrogen) atoms. The zero-order chi connectivity index (χ0) is 20.8. The Bertz CT molecular complexity index is 824. The molecule has 2 aromatic carbocycles. The maximum Gasteiger partial charge on any atom is 0.573 e. The molecule has 0 aliphatic heterocycles. The van der Waals surface area contributed by atoms with Crippen LogP contribution in [0.5, 0.6) is 11.5 Å². The Labute approximate surface area is 183 Å². The van der Waals surface area contributed by atoms with Crippen molar-refractivity contribution < 1.29 is 64.8 Å². The molecule has 1 radical (unpaired) electrons. The van der Waals surface area contributed by atoms with E-state index in [1.165, 1.54) is 17.8 Å². The van der Waals surface area contributed by atoms with Crippen LogP contribution in [0.1, 0.15) is 23.2 Å². The molecule has 3 rings (SSSR count). The summed E-state index contributed by atoms with van der Waals surface area (Å²) in [5, 5.41) is 16.7. The van der Waals surface area contributed by atoms with E-state index in [1.54, 1.807) is 0 Å². The fraction of sp³-hybridized carbons (Fsp3) is 0.222. The number of carbonyl (C=O) groups excluding carboxylic acids is 2. The summed E-state index contributed by atoms with van der Waals surface area (Å²) in [6, 6.07) is 13.1. The quantitative estimate of drug-likeness (QED) is 0.327. The van der Waals surface area contributed by atoms with Gasteiger partial charge in [0.2, 0.25) is 0 Å². The molecule has 2 aromatic rings. The van der Waals surface area contributed by atoms with E-state index in [2.05, 4.69) is 4.74 Å². The van der Waals surface area contributed by atoms with E-state index in [0.29, 0.717) is 6.29 Å². The number of thioether (sulfide) groups is 1. The Balaban J connectivity index is 0.000000771. The molecule has 0 unspecified atom stereocenters. The SMILES string of the molecule is O=C([O-])[O-].O=Cc1cc(OC(F)(F)F)ccc1OC1(Sc2ccccc2)CC1.[Ag]. The molecule has 0 spiro atoms. The van der Waals surface area contributed by atoms with Crippen molar-refractivity contribution in [1.29, 1.82) is 0 Å². The van der Waals surface area contributed by atoms with Crippen LogP contribution in [0.4, 0.5) is 18.0 Å². The minimum atomic E-state index is -4.80. The molecule has 0 amide bonds. The Morgan fingerprint density at radius 3 is 2.17 bits per heavy atom. The number of benzene rings is 2. The molecular weight excluding hydrogens is 509 g/mol. The third kappa shape index (κ3) is 8.82. The van der Waals surface area contributed by atoms with Crippen LogP contribution in [0.15, 0.2) is 53.4 Å². The minimum Gasteiger partial charge on any atom is -0.652 e. The Morgan fingerprint density at radius 2 is 1.69 bits per heavy atom. The van der Waals surface area contributed by atoms with Gasteiger partial charge in [-0.15, -0.1) is 13.2 Å². The Hall–Kier alpha value is -2.14. The monoisotopic (exact) mass is 521 g/mol. The van der Waals surface area contributed by atoms with Gasteiger partial charge in [0.25, 0.3) is 0 Å². The third-order valence-corrected chi connectivity index (χ3v) is 4.71. The summed E-state index contributed by atoms with van der Waals surface area (Å²) >= 11 is 1.54. The smallest absolute Gasteiger partial charge is 0.573 e. The van der Waals surface area contributed by atoms with E-state index in [1.807, 2.05) is 30.3 Å². The molecule has 1 aliphatic carbocycles. The summed E-state index contributed by atoms with van der Waals surface area (Å²) < 4.78 is 46.5. The second-order valence-corrected chi connectivity index (χ2v) is 6.96. The Kier molecular flexibility index (Phi) is 9.09. The van der Waals surface area contributed by atoms with Crippen molar-refractivity contribution in [2.24, 2.45) is 0 Å². The van der Waals surface area contributed by atoms with Gasteiger partial charge in [-0.1, -0.05) is 30.0 Å². The number of carboxylic acid groups (broad SMARTS) is 2. The van der Waals surface area contributed by atoms with Gasteiger partial charge in [0.1, 0.15) is 11.5 Å². The van der Waals surface area contributed by atoms with Crippen LogP contribution in [-0.2, 0) is 22.4 Å². The van der Waals surface area contributed by atoms with Gasteiger partial charge in [0.15, 0.2) is 11.2 Å². The first kappa shape index (κ1) is 24.9. The summed E-state index contributed by atoms with van der Waals surface area (Å²) in [4.78, 5) is 20.1. The van der Waals surface area contributed by atoms with Crippen molar-refractivity contribution >= 4 is 24.2 Å². The summed E-state index contributed by atoms with van der Waals surface area (Å²) in [5.74, 6) is -0.196. The number of carbonyl (C=O) groups is 2. The molecule has 0 N–H and O–H groups in total. The molecule has 161 valence electrons. The molecule has 0 aromatic heterocycles. The van der Waals surface area contributed by atoms with Crippen molar-refractivity contribution in [2.45, 2.75) is 29.0 Å². The summed E-state index contributed by atoms with van der Waals surface area (Å²) in [5.41, 5.74) is 0.0247. The van der Waals surface area contributed by atoms with Crippen molar-refractivity contribution in [3.05, 3.63) is 54.1 Å². The molecule has 1 fully saturated rings. The molecule has 11 heteroatoms. The number of hydrogen-bond donors (Lipinski definition) is 0. The normalized spacial score (nSPS) is 13.8. The van der Waals surface area contributed by atoms with Crippen LogP contribution >= 0.6 is 11.8 Å². The van der Waals surface area contributed by atoms with Crippen molar-refractivity contribution in [2.75, 3.05) is 0 Å². The number of rotatable bonds is 6. The molecular formula is C18H13AgF3O6S-2. The summed E-state index contributed by atoms with van der Waals surface area (Å²) in [6.45, 7) is 0. The van der Waals surface area contributed by atoms with E-state index in [4.69, 9.17) is 19.7 Å². The van der Waals surface area contributed by atoms with Gasteiger partial charge < -0.3 is 24.5 Å². The first-order valence-electron chi connectivity index (χ1n) is 7.78. The first-order chi connectivity index (χ1) is 13.1. The van der Waals surface area contributed by atoms with Crippen molar-refractivity contribution in [1.82, 2.24) is 0 Å². The van der Waals surface area contributed by atoms with Crippen LogP contribution in [0.3, 0.4) is 0 Å². The molecule has 6 nitrogen and oxygen atoms in total. The predicted molar refractivity (Wildman–Crippen MR) is 88.8 cm³/mol. The van der Waals surface area contributed by atoms with Crippen LogP contribution in [0.2, 0.25) is 0 Å². The van der Waals surface area contributed by atoms with Crippen molar-refractivity contribution in [3.8, 4) is 11.5 Å². The standard InChI is InChI=1S/C17H13F3O3S.CH2O3.Ag/c18-17(19,20)22-13-6-7-15(12(10-13)11-21)23-16(8-9-16)24-14-4-2-1-3-5-14;2-1(3)4;/h1-7,10-11H,8-9H2;(H2,2,3,4);/p-2. The fourth-order valence-corrected chi connectivity index (χ4v) is 3.30. The van der Waals surface area contributed by atoms with Gasteiger partial charge in [-0.3, -0.25) is 4.79 Å². The van der Waals surface area contributed by atoms with Gasteiger partial charge in [-0.05, 0) is 36.5 Å². The Morgan fingerprint density at radius 1 is 1.10 bits per heavy atom. The van der Waals surface area contributed by atoms with Crippen LogP contribution in [0.25, 0.3) is 0 Å². The molecule has 0 heterocycles. The summed E-state index contributed by atoms with van der Waals surface area (Å²) in [6.07, 6.45) is -5.08. The topological polar surface area (TPSA) is 98.7 Å². The maximum atomic E-state index is 12.3. The average Bonchev–Trinajstić information content (AvgIpc) is 3.34. The van der Waals surface area contributed by atoms with Gasteiger partial charge in [-0.25, -0.2) is 0 Å². The van der Waals surface area contributed by atoms with Crippen LogP contribution < -0.4 is 19.7 Å². The predicted octanol–water partition coefficient (Wildman–Crippen LogP) is 2.61. The third-order valence-electron chi connectivity index (χ3n) is 3.34. The number of ether oxygens (including phenoxy) is 2. The second-order valence-electron chi connectivity index (χ2n) is 5.54. The average molecular weight is 522 g/mol. The van der Waals surface area contributed by atoms with E-state index in [-0.39, 0.29) is 33.7 Å². The zero-order valence-electron chi connectivity index (χ0n) is 14.4. The number of alkyl halides is 3. The number of hydrogen-bond acceptors (Lipinski definition) is 7. The number of aldehydes is 1. The second kappa shape index (κ2) is 10.6. The fourth-order valence-electron chi connectivity index (χ4n) is 2.14. The maximum absolute atomic E-state index is 12.3. The van der Waals surface area contributed by atoms with E-state index >= 15 is 0 Å². The van der Waals surface area contributed by atoms with Crippen molar-refractivity contribution in [3.63, 3.8) is 0 Å². The van der Waals surface area contributed by atoms with Crippen LogP contribution in [0, 0.1) is 0 Å². The number of halogens is 3.